The predicted octanol–water partition coefficient (Wildman–Crippen LogP) is 2.94. The van der Waals surface area contributed by atoms with Crippen LogP contribution in [0.2, 0.25) is 0 Å². The number of nitrogens with one attached hydrogen (secondary N) is 1. The van der Waals surface area contributed by atoms with Crippen molar-refractivity contribution in [3.05, 3.63) is 39.1 Å². The molecule has 5 heteroatoms. The van der Waals surface area contributed by atoms with Gasteiger partial charge < -0.3 is 9.73 Å². The summed E-state index contributed by atoms with van der Waals surface area (Å²) in [5.74, 6) is 1.96. The lowest BCUT2D eigenvalue weighted by atomic mass is 10.2. The number of nitrogens with zero attached hydrogens (tertiary/aromatic N) is 2. The van der Waals surface area contributed by atoms with E-state index in [0.29, 0.717) is 6.04 Å². The molecule has 18 heavy (non-hydrogen) atoms. The first kappa shape index (κ1) is 13.6. The molecule has 0 bridgehead atoms. The first-order valence-corrected chi connectivity index (χ1v) is 7.12. The molecule has 0 radical (unpaired) electrons. The molecule has 0 saturated carbocycles. The molecule has 2 rings (SSSR count). The third kappa shape index (κ3) is 3.58. The second-order valence-corrected chi connectivity index (χ2v) is 5.93. The van der Waals surface area contributed by atoms with Gasteiger partial charge in [0.2, 0.25) is 0 Å². The first-order valence-electron chi connectivity index (χ1n) is 6.04. The fraction of sp³-hybridized carbons (Fsp3) is 0.462. The Kier molecular flexibility index (Phi) is 4.45. The molecule has 2 aromatic heterocycles. The van der Waals surface area contributed by atoms with Gasteiger partial charge in [-0.15, -0.1) is 0 Å². The summed E-state index contributed by atoms with van der Waals surface area (Å²) < 4.78 is 8.82. The third-order valence-electron chi connectivity index (χ3n) is 2.69. The Balaban J connectivity index is 2.04. The molecule has 0 aliphatic heterocycles. The second kappa shape index (κ2) is 5.88. The third-order valence-corrected chi connectivity index (χ3v) is 3.25. The number of hydrogen-bond donors (Lipinski definition) is 1. The number of rotatable bonds is 5. The van der Waals surface area contributed by atoms with Crippen LogP contribution in [0.1, 0.15) is 30.9 Å². The summed E-state index contributed by atoms with van der Waals surface area (Å²) in [4.78, 5) is 0. The molecule has 0 fully saturated rings. The normalized spacial score (nSPS) is 11.4. The van der Waals surface area contributed by atoms with Crippen molar-refractivity contribution in [1.29, 1.82) is 0 Å². The molecule has 1 N–H and O–H groups in total. The molecule has 4 nitrogen and oxygen atoms in total. The van der Waals surface area contributed by atoms with Crippen LogP contribution in [-0.2, 0) is 13.1 Å². The molecule has 0 saturated heterocycles. The number of furan rings is 1. The molecule has 0 amide bonds. The molecule has 2 heterocycles. The topological polar surface area (TPSA) is 43.0 Å². The van der Waals surface area contributed by atoms with Crippen molar-refractivity contribution in [2.45, 2.75) is 39.9 Å². The van der Waals surface area contributed by atoms with Crippen LogP contribution in [0, 0.1) is 10.5 Å². The standard InChI is InChI=1S/C13H18IN3O/c1-9(2)15-6-13-4-11(10(3)18-13)7-17-8-12(14)5-16-17/h4-5,8-9,15H,6-7H2,1-3H3. The Labute approximate surface area is 121 Å². The molecular formula is C13H18IN3O. The van der Waals surface area contributed by atoms with Gasteiger partial charge in [0.15, 0.2) is 0 Å². The minimum atomic E-state index is 0.464. The van der Waals surface area contributed by atoms with E-state index >= 15 is 0 Å². The zero-order valence-electron chi connectivity index (χ0n) is 10.9. The summed E-state index contributed by atoms with van der Waals surface area (Å²) in [6.07, 6.45) is 3.89. The van der Waals surface area contributed by atoms with Crippen molar-refractivity contribution < 1.29 is 4.42 Å². The maximum Gasteiger partial charge on any atom is 0.118 e. The molecule has 2 aromatic rings. The maximum atomic E-state index is 5.74. The van der Waals surface area contributed by atoms with Gasteiger partial charge in [-0.1, -0.05) is 13.8 Å². The number of hydrogen-bond acceptors (Lipinski definition) is 3. The zero-order valence-corrected chi connectivity index (χ0v) is 13.1. The smallest absolute Gasteiger partial charge is 0.118 e. The highest BCUT2D eigenvalue weighted by atomic mass is 127. The Morgan fingerprint density at radius 3 is 2.89 bits per heavy atom. The molecule has 0 aromatic carbocycles. The van der Waals surface area contributed by atoms with Crippen molar-refractivity contribution in [2.75, 3.05) is 0 Å². The predicted molar refractivity (Wildman–Crippen MR) is 79.5 cm³/mol. The van der Waals surface area contributed by atoms with Crippen molar-refractivity contribution >= 4 is 22.6 Å². The van der Waals surface area contributed by atoms with E-state index in [0.717, 1.165) is 28.2 Å². The van der Waals surface area contributed by atoms with E-state index in [2.05, 4.69) is 52.9 Å². The van der Waals surface area contributed by atoms with Gasteiger partial charge in [0.1, 0.15) is 11.5 Å². The minimum absolute atomic E-state index is 0.464. The zero-order chi connectivity index (χ0) is 13.1. The molecule has 98 valence electrons. The van der Waals surface area contributed by atoms with Gasteiger partial charge >= 0.3 is 0 Å². The molecule has 0 spiro atoms. The summed E-state index contributed by atoms with van der Waals surface area (Å²) in [5, 5.41) is 7.64. The van der Waals surface area contributed by atoms with Gasteiger partial charge in [-0.25, -0.2) is 0 Å². The highest BCUT2D eigenvalue weighted by Crippen LogP contribution is 2.16. The fourth-order valence-corrected chi connectivity index (χ4v) is 2.18. The first-order chi connectivity index (χ1) is 8.54. The van der Waals surface area contributed by atoms with Gasteiger partial charge in [0.05, 0.1) is 22.9 Å². The summed E-state index contributed by atoms with van der Waals surface area (Å²) in [7, 11) is 0. The number of aryl methyl sites for hydroxylation is 1. The Bertz CT molecular complexity index is 516. The quantitative estimate of drug-likeness (QED) is 0.835. The minimum Gasteiger partial charge on any atom is -0.465 e. The summed E-state index contributed by atoms with van der Waals surface area (Å²) in [6, 6.07) is 2.57. The summed E-state index contributed by atoms with van der Waals surface area (Å²) in [6.45, 7) is 7.79. The van der Waals surface area contributed by atoms with E-state index in [-0.39, 0.29) is 0 Å². The second-order valence-electron chi connectivity index (χ2n) is 4.69. The fourth-order valence-electron chi connectivity index (χ4n) is 1.74. The van der Waals surface area contributed by atoms with Crippen molar-refractivity contribution in [3.8, 4) is 0 Å². The van der Waals surface area contributed by atoms with E-state index in [1.807, 2.05) is 24.0 Å². The lowest BCUT2D eigenvalue weighted by Crippen LogP contribution is -2.21. The maximum absolute atomic E-state index is 5.74. The van der Waals surface area contributed by atoms with E-state index in [1.165, 1.54) is 5.56 Å². The molecular weight excluding hydrogens is 341 g/mol. The molecule has 0 aliphatic rings. The van der Waals surface area contributed by atoms with Crippen LogP contribution in [0.5, 0.6) is 0 Å². The SMILES string of the molecule is Cc1oc(CNC(C)C)cc1Cn1cc(I)cn1. The van der Waals surface area contributed by atoms with Crippen LogP contribution in [0.3, 0.4) is 0 Å². The van der Waals surface area contributed by atoms with Crippen LogP contribution < -0.4 is 5.32 Å². The Hall–Kier alpha value is -0.820. The lowest BCUT2D eigenvalue weighted by molar-refractivity contribution is 0.445. The Morgan fingerprint density at radius 1 is 1.50 bits per heavy atom. The van der Waals surface area contributed by atoms with Gasteiger partial charge in [-0.3, -0.25) is 4.68 Å². The van der Waals surface area contributed by atoms with Gasteiger partial charge in [-0.2, -0.15) is 5.10 Å². The van der Waals surface area contributed by atoms with Crippen LogP contribution in [0.4, 0.5) is 0 Å². The molecule has 0 aliphatic carbocycles. The molecule has 0 unspecified atom stereocenters. The Morgan fingerprint density at radius 2 is 2.28 bits per heavy atom. The van der Waals surface area contributed by atoms with Gasteiger partial charge in [0, 0.05) is 17.8 Å². The van der Waals surface area contributed by atoms with Gasteiger partial charge in [0.25, 0.3) is 0 Å². The highest BCUT2D eigenvalue weighted by Gasteiger charge is 2.09. The van der Waals surface area contributed by atoms with Crippen molar-refractivity contribution in [3.63, 3.8) is 0 Å². The monoisotopic (exact) mass is 359 g/mol. The molecule has 0 atom stereocenters. The largest absolute Gasteiger partial charge is 0.465 e. The highest BCUT2D eigenvalue weighted by molar-refractivity contribution is 14.1. The van der Waals surface area contributed by atoms with Crippen LogP contribution in [0.25, 0.3) is 0 Å². The number of halogens is 1. The van der Waals surface area contributed by atoms with E-state index in [9.17, 15) is 0 Å². The average molecular weight is 359 g/mol. The van der Waals surface area contributed by atoms with E-state index in [4.69, 9.17) is 4.42 Å². The number of aromatic nitrogens is 2. The lowest BCUT2D eigenvalue weighted by Gasteiger charge is -2.04. The van der Waals surface area contributed by atoms with Gasteiger partial charge in [-0.05, 0) is 35.6 Å². The van der Waals surface area contributed by atoms with Crippen LogP contribution in [0.15, 0.2) is 22.9 Å². The van der Waals surface area contributed by atoms with Crippen LogP contribution >= 0.6 is 22.6 Å². The van der Waals surface area contributed by atoms with Crippen molar-refractivity contribution in [1.82, 2.24) is 15.1 Å². The van der Waals surface area contributed by atoms with Crippen LogP contribution in [-0.4, -0.2) is 15.8 Å². The average Bonchev–Trinajstić information content (AvgIpc) is 2.84. The van der Waals surface area contributed by atoms with E-state index in [1.54, 1.807) is 0 Å². The summed E-state index contributed by atoms with van der Waals surface area (Å²) >= 11 is 2.26. The van der Waals surface area contributed by atoms with E-state index < -0.39 is 0 Å². The van der Waals surface area contributed by atoms with Crippen molar-refractivity contribution in [2.24, 2.45) is 0 Å². The summed E-state index contributed by atoms with van der Waals surface area (Å²) in [5.41, 5.74) is 1.19.